The minimum absolute atomic E-state index is 0.0236. The maximum Gasteiger partial charge on any atom is 0.411 e. The van der Waals surface area contributed by atoms with Crippen molar-refractivity contribution in [2.75, 3.05) is 19.8 Å². The van der Waals surface area contributed by atoms with Crippen molar-refractivity contribution in [3.63, 3.8) is 0 Å². The zero-order chi connectivity index (χ0) is 19.3. The third-order valence-corrected chi connectivity index (χ3v) is 4.70. The summed E-state index contributed by atoms with van der Waals surface area (Å²) in [5.41, 5.74) is -0.598. The number of esters is 1. The Bertz CT molecular complexity index is 519. The molecule has 1 saturated heterocycles. The van der Waals surface area contributed by atoms with Gasteiger partial charge in [0.15, 0.2) is 5.78 Å². The molecule has 0 aromatic carbocycles. The molecule has 2 aliphatic rings. The van der Waals surface area contributed by atoms with Gasteiger partial charge in [-0.05, 0) is 53.4 Å². The molecule has 0 aromatic heterocycles. The Morgan fingerprint density at radius 1 is 1.15 bits per heavy atom. The molecular weight excluding hydrogens is 338 g/mol. The van der Waals surface area contributed by atoms with Gasteiger partial charge in [-0.1, -0.05) is 0 Å². The fourth-order valence-corrected chi connectivity index (χ4v) is 3.41. The van der Waals surface area contributed by atoms with Crippen LogP contribution in [0.3, 0.4) is 0 Å². The van der Waals surface area contributed by atoms with Crippen molar-refractivity contribution in [1.82, 2.24) is 4.90 Å². The number of hydrogen-bond donors (Lipinski definition) is 0. The topological polar surface area (TPSA) is 82.1 Å². The molecule has 1 amide bonds. The van der Waals surface area contributed by atoms with E-state index in [1.165, 1.54) is 4.90 Å². The fourth-order valence-electron chi connectivity index (χ4n) is 3.41. The number of Topliss-reactive ketones (excluding diaryl/α,β-unsaturated/α-hetero) is 1. The van der Waals surface area contributed by atoms with Crippen LogP contribution in [0.4, 0.5) is 4.79 Å². The van der Waals surface area contributed by atoms with Crippen molar-refractivity contribution in [1.29, 1.82) is 0 Å². The highest BCUT2D eigenvalue weighted by Crippen LogP contribution is 2.28. The third-order valence-electron chi connectivity index (χ3n) is 4.70. The van der Waals surface area contributed by atoms with E-state index in [1.54, 1.807) is 20.8 Å². The van der Waals surface area contributed by atoms with Crippen LogP contribution in [-0.4, -0.2) is 60.3 Å². The van der Waals surface area contributed by atoms with Gasteiger partial charge in [0.05, 0.1) is 37.8 Å². The second-order valence-corrected chi connectivity index (χ2v) is 8.06. The Hall–Kier alpha value is -1.63. The Morgan fingerprint density at radius 2 is 1.81 bits per heavy atom. The van der Waals surface area contributed by atoms with Crippen LogP contribution >= 0.6 is 0 Å². The summed E-state index contributed by atoms with van der Waals surface area (Å²) in [5, 5.41) is 0. The molecule has 1 aliphatic heterocycles. The van der Waals surface area contributed by atoms with E-state index in [2.05, 4.69) is 0 Å². The first-order valence-corrected chi connectivity index (χ1v) is 9.49. The van der Waals surface area contributed by atoms with Crippen molar-refractivity contribution in [2.45, 2.75) is 77.5 Å². The zero-order valence-corrected chi connectivity index (χ0v) is 16.3. The lowest BCUT2D eigenvalue weighted by Gasteiger charge is -2.31. The number of rotatable bonds is 5. The molecule has 7 heteroatoms. The number of amides is 1. The zero-order valence-electron chi connectivity index (χ0n) is 16.3. The molecule has 0 bridgehead atoms. The second-order valence-electron chi connectivity index (χ2n) is 8.06. The van der Waals surface area contributed by atoms with Crippen LogP contribution in [0.15, 0.2) is 0 Å². The second kappa shape index (κ2) is 8.84. The lowest BCUT2D eigenvalue weighted by Crippen LogP contribution is -2.42. The Balaban J connectivity index is 1.80. The minimum Gasteiger partial charge on any atom is -0.466 e. The Morgan fingerprint density at radius 3 is 2.38 bits per heavy atom. The molecule has 0 spiro atoms. The van der Waals surface area contributed by atoms with Gasteiger partial charge in [-0.3, -0.25) is 14.5 Å². The monoisotopic (exact) mass is 369 g/mol. The Labute approximate surface area is 155 Å². The van der Waals surface area contributed by atoms with Crippen molar-refractivity contribution >= 4 is 17.8 Å². The summed E-state index contributed by atoms with van der Waals surface area (Å²) < 4.78 is 16.4. The molecule has 0 unspecified atom stereocenters. The van der Waals surface area contributed by atoms with Gasteiger partial charge >= 0.3 is 12.1 Å². The van der Waals surface area contributed by atoms with Crippen molar-refractivity contribution in [3.05, 3.63) is 0 Å². The van der Waals surface area contributed by atoms with Crippen LogP contribution in [0.2, 0.25) is 0 Å². The number of carbonyl (C=O) groups is 3. The molecule has 1 atom stereocenters. The highest BCUT2D eigenvalue weighted by atomic mass is 16.6. The number of likely N-dealkylation sites (tertiary alicyclic amines) is 1. The Kier molecular flexibility index (Phi) is 7.03. The van der Waals surface area contributed by atoms with Crippen LogP contribution in [0.5, 0.6) is 0 Å². The van der Waals surface area contributed by atoms with Gasteiger partial charge in [0.2, 0.25) is 0 Å². The van der Waals surface area contributed by atoms with Crippen LogP contribution in [0.1, 0.15) is 59.8 Å². The number of carbonyl (C=O) groups excluding carboxylic acids is 3. The first-order chi connectivity index (χ1) is 12.2. The largest absolute Gasteiger partial charge is 0.466 e. The molecule has 1 aliphatic carbocycles. The summed E-state index contributed by atoms with van der Waals surface area (Å²) in [7, 11) is 0. The molecule has 0 aromatic rings. The standard InChI is InChI=1S/C19H31NO6/c1-5-24-17(22)13-6-8-16(9-7-13)25-12-14-10-15(21)11-20(14)18(23)26-19(2,3)4/h13-14,16H,5-12H2,1-4H3/t13?,14-,16?/m0/s1. The van der Waals surface area contributed by atoms with Gasteiger partial charge in [0.1, 0.15) is 5.60 Å². The molecule has 1 heterocycles. The molecule has 0 radical (unpaired) electrons. The summed E-state index contributed by atoms with van der Waals surface area (Å²) in [4.78, 5) is 37.4. The predicted octanol–water partition coefficient (Wildman–Crippen LogP) is 2.70. The smallest absolute Gasteiger partial charge is 0.411 e. The average molecular weight is 369 g/mol. The van der Waals surface area contributed by atoms with E-state index in [0.29, 0.717) is 19.6 Å². The molecule has 26 heavy (non-hydrogen) atoms. The van der Waals surface area contributed by atoms with Crippen molar-refractivity contribution in [3.8, 4) is 0 Å². The first-order valence-electron chi connectivity index (χ1n) is 9.49. The maximum atomic E-state index is 12.3. The number of ether oxygens (including phenoxy) is 3. The van der Waals surface area contributed by atoms with Gasteiger partial charge in [0.25, 0.3) is 0 Å². The highest BCUT2D eigenvalue weighted by molar-refractivity contribution is 5.88. The molecule has 1 saturated carbocycles. The van der Waals surface area contributed by atoms with E-state index < -0.39 is 11.7 Å². The number of nitrogens with zero attached hydrogens (tertiary/aromatic N) is 1. The minimum atomic E-state index is -0.598. The van der Waals surface area contributed by atoms with Crippen LogP contribution in [-0.2, 0) is 23.8 Å². The third kappa shape index (κ3) is 5.97. The van der Waals surface area contributed by atoms with E-state index in [0.717, 1.165) is 25.7 Å². The lowest BCUT2D eigenvalue weighted by molar-refractivity contribution is -0.150. The normalized spacial score (nSPS) is 26.7. The average Bonchev–Trinajstić information content (AvgIpc) is 2.93. The van der Waals surface area contributed by atoms with Crippen LogP contribution in [0.25, 0.3) is 0 Å². The fraction of sp³-hybridized carbons (Fsp3) is 0.842. The summed E-state index contributed by atoms with van der Waals surface area (Å²) in [5.74, 6) is -0.139. The van der Waals surface area contributed by atoms with Gasteiger partial charge in [-0.25, -0.2) is 4.79 Å². The summed E-state index contributed by atoms with van der Waals surface area (Å²) in [6.45, 7) is 8.03. The van der Waals surface area contributed by atoms with Gasteiger partial charge in [0, 0.05) is 6.42 Å². The van der Waals surface area contributed by atoms with Gasteiger partial charge in [-0.15, -0.1) is 0 Å². The number of ketones is 1. The molecule has 7 nitrogen and oxygen atoms in total. The van der Waals surface area contributed by atoms with E-state index in [1.807, 2.05) is 6.92 Å². The van der Waals surface area contributed by atoms with Gasteiger partial charge < -0.3 is 14.2 Å². The van der Waals surface area contributed by atoms with E-state index in [9.17, 15) is 14.4 Å². The maximum absolute atomic E-state index is 12.3. The van der Waals surface area contributed by atoms with Crippen molar-refractivity contribution in [2.24, 2.45) is 5.92 Å². The van der Waals surface area contributed by atoms with Crippen molar-refractivity contribution < 1.29 is 28.6 Å². The number of hydrogen-bond acceptors (Lipinski definition) is 6. The molecular formula is C19H31NO6. The molecule has 2 rings (SSSR count). The predicted molar refractivity (Wildman–Crippen MR) is 94.7 cm³/mol. The van der Waals surface area contributed by atoms with E-state index in [-0.39, 0.29) is 36.4 Å². The summed E-state index contributed by atoms with van der Waals surface area (Å²) >= 11 is 0. The highest BCUT2D eigenvalue weighted by Gasteiger charge is 2.37. The van der Waals surface area contributed by atoms with E-state index in [4.69, 9.17) is 14.2 Å². The first kappa shape index (κ1) is 20.7. The SMILES string of the molecule is CCOC(=O)C1CCC(OC[C@@H]2CC(=O)CN2C(=O)OC(C)(C)C)CC1. The molecule has 0 N–H and O–H groups in total. The van der Waals surface area contributed by atoms with Crippen LogP contribution < -0.4 is 0 Å². The molecule has 148 valence electrons. The van der Waals surface area contributed by atoms with Crippen LogP contribution in [0, 0.1) is 5.92 Å². The summed E-state index contributed by atoms with van der Waals surface area (Å²) in [6, 6.07) is -0.278. The quantitative estimate of drug-likeness (QED) is 0.693. The lowest BCUT2D eigenvalue weighted by atomic mass is 9.87. The molecule has 2 fully saturated rings. The van der Waals surface area contributed by atoms with E-state index >= 15 is 0 Å². The van der Waals surface area contributed by atoms with Gasteiger partial charge in [-0.2, -0.15) is 0 Å². The summed E-state index contributed by atoms with van der Waals surface area (Å²) in [6.07, 6.45) is 2.97.